The van der Waals surface area contributed by atoms with E-state index in [1.54, 1.807) is 6.21 Å². The van der Waals surface area contributed by atoms with Crippen LogP contribution in [0.2, 0.25) is 0 Å². The molecule has 1 unspecified atom stereocenters. The summed E-state index contributed by atoms with van der Waals surface area (Å²) in [6.45, 7) is 0. The average molecular weight is 147 g/mol. The van der Waals surface area contributed by atoms with E-state index in [9.17, 15) is 4.79 Å². The molecule has 1 atom stereocenters. The Kier molecular flexibility index (Phi) is 1.46. The van der Waals surface area contributed by atoms with Gasteiger partial charge >= 0.3 is 0 Å². The summed E-state index contributed by atoms with van der Waals surface area (Å²) in [4.78, 5) is 15.4. The van der Waals surface area contributed by atoms with Crippen molar-refractivity contribution in [3.63, 3.8) is 0 Å². The van der Waals surface area contributed by atoms with Crippen LogP contribution in [0.1, 0.15) is 12.8 Å². The molecule has 0 radical (unpaired) electrons. The number of aliphatic imine (C=N–C) groups is 1. The van der Waals surface area contributed by atoms with Gasteiger partial charge in [0, 0.05) is 12.6 Å². The van der Waals surface area contributed by atoms with Gasteiger partial charge in [-0.2, -0.15) is 0 Å². The Labute approximate surface area is 65.3 Å². The highest BCUT2D eigenvalue weighted by molar-refractivity contribution is 5.97. The normalized spacial score (nSPS) is 28.2. The summed E-state index contributed by atoms with van der Waals surface area (Å²) in [6, 6.07) is 0. The van der Waals surface area contributed by atoms with Gasteiger partial charge in [-0.3, -0.25) is 9.79 Å². The van der Waals surface area contributed by atoms with Crippen molar-refractivity contribution in [2.24, 2.45) is 10.9 Å². The van der Waals surface area contributed by atoms with Gasteiger partial charge < -0.3 is 0 Å². The molecule has 0 bridgehead atoms. The third-order valence-corrected chi connectivity index (χ3v) is 2.05. The first-order chi connectivity index (χ1) is 5.38. The molecule has 56 valence electrons. The zero-order valence-corrected chi connectivity index (χ0v) is 6.16. The van der Waals surface area contributed by atoms with Gasteiger partial charge in [-0.05, 0) is 12.5 Å². The standard InChI is InChI=1S/C9H9NO/c11-9-5-6-10-8-4-2-1-3-7(8)9/h1-2,4,6-7H,3,5H2. The summed E-state index contributed by atoms with van der Waals surface area (Å²) >= 11 is 0. The van der Waals surface area contributed by atoms with Gasteiger partial charge in [0.25, 0.3) is 0 Å². The number of carbonyl (C=O) groups is 1. The monoisotopic (exact) mass is 147 g/mol. The molecule has 1 aliphatic heterocycles. The van der Waals surface area contributed by atoms with Crippen molar-refractivity contribution in [2.75, 3.05) is 0 Å². The molecule has 0 fully saturated rings. The predicted octanol–water partition coefficient (Wildman–Crippen LogP) is 1.49. The predicted molar refractivity (Wildman–Crippen MR) is 43.4 cm³/mol. The summed E-state index contributed by atoms with van der Waals surface area (Å²) in [5.41, 5.74) is 0.934. The summed E-state index contributed by atoms with van der Waals surface area (Å²) < 4.78 is 0. The zero-order chi connectivity index (χ0) is 7.68. The van der Waals surface area contributed by atoms with Gasteiger partial charge in [0.15, 0.2) is 0 Å². The first-order valence-electron chi connectivity index (χ1n) is 3.80. The second-order valence-electron chi connectivity index (χ2n) is 2.79. The van der Waals surface area contributed by atoms with Gasteiger partial charge in [0.2, 0.25) is 0 Å². The van der Waals surface area contributed by atoms with Crippen molar-refractivity contribution in [1.29, 1.82) is 0 Å². The van der Waals surface area contributed by atoms with E-state index >= 15 is 0 Å². The van der Waals surface area contributed by atoms with Crippen molar-refractivity contribution < 1.29 is 4.79 Å². The molecule has 0 amide bonds. The Morgan fingerprint density at radius 2 is 2.45 bits per heavy atom. The minimum absolute atomic E-state index is 0.0602. The molecular weight excluding hydrogens is 138 g/mol. The minimum atomic E-state index is 0.0602. The Morgan fingerprint density at radius 1 is 1.55 bits per heavy atom. The van der Waals surface area contributed by atoms with Crippen molar-refractivity contribution in [2.45, 2.75) is 12.8 Å². The second kappa shape index (κ2) is 2.46. The van der Waals surface area contributed by atoms with Crippen LogP contribution in [0.15, 0.2) is 28.9 Å². The van der Waals surface area contributed by atoms with E-state index in [2.05, 4.69) is 4.99 Å². The quantitative estimate of drug-likeness (QED) is 0.510. The molecule has 11 heavy (non-hydrogen) atoms. The highest BCUT2D eigenvalue weighted by Crippen LogP contribution is 2.25. The van der Waals surface area contributed by atoms with Crippen LogP contribution in [-0.4, -0.2) is 12.0 Å². The third kappa shape index (κ3) is 1.04. The smallest absolute Gasteiger partial charge is 0.147 e. The molecule has 1 heterocycles. The molecule has 1 aliphatic carbocycles. The van der Waals surface area contributed by atoms with E-state index in [4.69, 9.17) is 0 Å². The number of nitrogens with zero attached hydrogens (tertiary/aromatic N) is 1. The fraction of sp³-hybridized carbons (Fsp3) is 0.333. The van der Waals surface area contributed by atoms with Crippen LogP contribution < -0.4 is 0 Å². The molecular formula is C9H9NO. The maximum absolute atomic E-state index is 11.3. The molecule has 0 N–H and O–H groups in total. The fourth-order valence-electron chi connectivity index (χ4n) is 1.43. The molecule has 0 saturated carbocycles. The zero-order valence-electron chi connectivity index (χ0n) is 6.16. The third-order valence-electron chi connectivity index (χ3n) is 2.05. The molecule has 2 aliphatic rings. The topological polar surface area (TPSA) is 29.4 Å². The lowest BCUT2D eigenvalue weighted by atomic mass is 9.90. The molecule has 0 saturated heterocycles. The number of allylic oxidation sites excluding steroid dienone is 4. The van der Waals surface area contributed by atoms with E-state index < -0.39 is 0 Å². The number of ketones is 1. The van der Waals surface area contributed by atoms with Crippen molar-refractivity contribution >= 4 is 12.0 Å². The van der Waals surface area contributed by atoms with Crippen LogP contribution >= 0.6 is 0 Å². The van der Waals surface area contributed by atoms with Crippen LogP contribution in [-0.2, 0) is 4.79 Å². The maximum atomic E-state index is 11.3. The Morgan fingerprint density at radius 3 is 3.27 bits per heavy atom. The molecule has 2 heteroatoms. The average Bonchev–Trinajstić information content (AvgIpc) is 2.06. The molecule has 0 aromatic rings. The lowest BCUT2D eigenvalue weighted by molar-refractivity contribution is -0.120. The van der Waals surface area contributed by atoms with E-state index in [1.807, 2.05) is 18.2 Å². The van der Waals surface area contributed by atoms with Crippen molar-refractivity contribution in [3.05, 3.63) is 23.9 Å². The van der Waals surface area contributed by atoms with E-state index in [1.165, 1.54) is 0 Å². The van der Waals surface area contributed by atoms with E-state index in [0.717, 1.165) is 12.1 Å². The van der Waals surface area contributed by atoms with Gasteiger partial charge in [-0.25, -0.2) is 0 Å². The maximum Gasteiger partial charge on any atom is 0.147 e. The molecule has 0 spiro atoms. The molecule has 2 nitrogen and oxygen atoms in total. The first-order valence-corrected chi connectivity index (χ1v) is 3.80. The van der Waals surface area contributed by atoms with Gasteiger partial charge in [-0.1, -0.05) is 12.2 Å². The van der Waals surface area contributed by atoms with Gasteiger partial charge in [-0.15, -0.1) is 0 Å². The summed E-state index contributed by atoms with van der Waals surface area (Å²) in [5, 5.41) is 0. The van der Waals surface area contributed by atoms with Crippen molar-refractivity contribution in [1.82, 2.24) is 0 Å². The summed E-state index contributed by atoms with van der Waals surface area (Å²) in [6.07, 6.45) is 8.94. The molecule has 2 rings (SSSR count). The Hall–Kier alpha value is -1.18. The van der Waals surface area contributed by atoms with Crippen LogP contribution in [0.4, 0.5) is 0 Å². The number of rotatable bonds is 0. The number of Topliss-reactive ketones (excluding diaryl/α,β-unsaturated/α-hetero) is 1. The van der Waals surface area contributed by atoms with Gasteiger partial charge in [0.1, 0.15) is 5.78 Å². The van der Waals surface area contributed by atoms with E-state index in [0.29, 0.717) is 12.2 Å². The minimum Gasteiger partial charge on any atom is -0.299 e. The second-order valence-corrected chi connectivity index (χ2v) is 2.79. The van der Waals surface area contributed by atoms with E-state index in [-0.39, 0.29) is 5.92 Å². The van der Waals surface area contributed by atoms with Crippen LogP contribution in [0.3, 0.4) is 0 Å². The number of carbonyl (C=O) groups excluding carboxylic acids is 1. The first kappa shape index (κ1) is 6.53. The van der Waals surface area contributed by atoms with Crippen LogP contribution in [0.25, 0.3) is 0 Å². The fourth-order valence-corrected chi connectivity index (χ4v) is 1.43. The highest BCUT2D eigenvalue weighted by Gasteiger charge is 2.24. The van der Waals surface area contributed by atoms with Crippen molar-refractivity contribution in [3.8, 4) is 0 Å². The summed E-state index contributed by atoms with van der Waals surface area (Å²) in [7, 11) is 0. The molecule has 0 aromatic heterocycles. The van der Waals surface area contributed by atoms with Gasteiger partial charge in [0.05, 0.1) is 11.6 Å². The number of hydrogen-bond acceptors (Lipinski definition) is 2. The number of fused-ring (bicyclic) bond motifs is 1. The lowest BCUT2D eigenvalue weighted by Gasteiger charge is -2.19. The van der Waals surface area contributed by atoms with Crippen LogP contribution in [0, 0.1) is 5.92 Å². The molecule has 0 aromatic carbocycles. The highest BCUT2D eigenvalue weighted by atomic mass is 16.1. The van der Waals surface area contributed by atoms with Crippen LogP contribution in [0.5, 0.6) is 0 Å². The summed E-state index contributed by atoms with van der Waals surface area (Å²) in [5.74, 6) is 0.362. The SMILES string of the molecule is O=C1CC=NC2=CC=CCC12. The number of hydrogen-bond donors (Lipinski definition) is 0. The lowest BCUT2D eigenvalue weighted by Crippen LogP contribution is -2.20. The Balaban J connectivity index is 2.36. The largest absolute Gasteiger partial charge is 0.299 e. The Bertz CT molecular complexity index is 273.